The van der Waals surface area contributed by atoms with Gasteiger partial charge in [-0.05, 0) is 59.3 Å². The fourth-order valence-corrected chi connectivity index (χ4v) is 5.25. The first kappa shape index (κ1) is 25.2. The van der Waals surface area contributed by atoms with Crippen molar-refractivity contribution in [3.63, 3.8) is 0 Å². The first-order valence-electron chi connectivity index (χ1n) is 12.9. The largest absolute Gasteiger partial charge is 0.444 e. The molecule has 2 aliphatic rings. The molecule has 1 amide bonds. The summed E-state index contributed by atoms with van der Waals surface area (Å²) >= 11 is 0. The summed E-state index contributed by atoms with van der Waals surface area (Å²) in [5.41, 5.74) is -0.465. The van der Waals surface area contributed by atoms with E-state index in [1.54, 1.807) is 0 Å². The lowest BCUT2D eigenvalue weighted by molar-refractivity contribution is -0.127. The van der Waals surface area contributed by atoms with Crippen molar-refractivity contribution >= 4 is 11.9 Å². The van der Waals surface area contributed by atoms with Crippen LogP contribution in [-0.2, 0) is 9.53 Å². The molecule has 0 spiro atoms. The topological polar surface area (TPSA) is 46.6 Å². The van der Waals surface area contributed by atoms with Crippen molar-refractivity contribution in [3.05, 3.63) is 0 Å². The Balaban J connectivity index is 1.65. The maximum Gasteiger partial charge on any atom is 0.410 e. The Morgan fingerprint density at radius 1 is 0.833 bits per heavy atom. The van der Waals surface area contributed by atoms with Crippen LogP contribution in [0.5, 0.6) is 0 Å². The summed E-state index contributed by atoms with van der Waals surface area (Å²) < 4.78 is 5.65. The maximum atomic E-state index is 12.8. The SMILES string of the molecule is CCCCCCCCCCCCC(=O)C1CC2CCCC(C1)N2C(=O)OC(C)(C)C. The number of unbranched alkanes of at least 4 members (excludes halogenated alkanes) is 9. The van der Waals surface area contributed by atoms with Crippen LogP contribution in [0.25, 0.3) is 0 Å². The van der Waals surface area contributed by atoms with Crippen molar-refractivity contribution in [2.75, 3.05) is 0 Å². The maximum absolute atomic E-state index is 12.8. The van der Waals surface area contributed by atoms with Crippen molar-refractivity contribution in [1.82, 2.24) is 4.90 Å². The molecule has 0 aromatic heterocycles. The van der Waals surface area contributed by atoms with Crippen LogP contribution in [0, 0.1) is 5.92 Å². The second-order valence-electron chi connectivity index (χ2n) is 10.7. The lowest BCUT2D eigenvalue weighted by atomic mass is 9.76. The molecule has 0 aromatic carbocycles. The highest BCUT2D eigenvalue weighted by molar-refractivity contribution is 5.81. The zero-order valence-corrected chi connectivity index (χ0v) is 20.2. The Labute approximate surface area is 185 Å². The molecule has 0 aliphatic carbocycles. The predicted molar refractivity (Wildman–Crippen MR) is 124 cm³/mol. The van der Waals surface area contributed by atoms with Crippen LogP contribution in [-0.4, -0.2) is 34.5 Å². The smallest absolute Gasteiger partial charge is 0.410 e. The molecule has 0 radical (unpaired) electrons. The van der Waals surface area contributed by atoms with E-state index >= 15 is 0 Å². The third kappa shape index (κ3) is 8.59. The molecule has 2 bridgehead atoms. The number of ketones is 1. The third-order valence-corrected chi connectivity index (χ3v) is 6.81. The van der Waals surface area contributed by atoms with Gasteiger partial charge in [-0.15, -0.1) is 0 Å². The molecule has 2 fully saturated rings. The third-order valence-electron chi connectivity index (χ3n) is 6.81. The molecule has 2 atom stereocenters. The molecule has 2 saturated heterocycles. The average molecular weight is 422 g/mol. The van der Waals surface area contributed by atoms with Gasteiger partial charge in [-0.1, -0.05) is 64.7 Å². The number of carbonyl (C=O) groups excluding carboxylic acids is 2. The summed E-state index contributed by atoms with van der Waals surface area (Å²) in [5.74, 6) is 0.591. The van der Waals surface area contributed by atoms with Gasteiger partial charge in [0.1, 0.15) is 11.4 Å². The quantitative estimate of drug-likeness (QED) is 0.308. The van der Waals surface area contributed by atoms with Gasteiger partial charge in [0, 0.05) is 24.4 Å². The Kier molecular flexibility index (Phi) is 10.7. The zero-order chi connectivity index (χ0) is 22.0. The predicted octanol–water partition coefficient (Wildman–Crippen LogP) is 7.43. The van der Waals surface area contributed by atoms with Gasteiger partial charge < -0.3 is 9.64 Å². The van der Waals surface area contributed by atoms with Crippen LogP contribution in [0.3, 0.4) is 0 Å². The summed E-state index contributed by atoms with van der Waals surface area (Å²) in [7, 11) is 0. The van der Waals surface area contributed by atoms with E-state index in [0.29, 0.717) is 5.78 Å². The summed E-state index contributed by atoms with van der Waals surface area (Å²) in [6.45, 7) is 8.02. The Bertz CT molecular complexity index is 511. The minimum Gasteiger partial charge on any atom is -0.444 e. The van der Waals surface area contributed by atoms with E-state index in [9.17, 15) is 9.59 Å². The zero-order valence-electron chi connectivity index (χ0n) is 20.2. The molecule has 4 nitrogen and oxygen atoms in total. The Morgan fingerprint density at radius 3 is 1.83 bits per heavy atom. The van der Waals surface area contributed by atoms with Crippen molar-refractivity contribution < 1.29 is 14.3 Å². The normalized spacial score (nSPS) is 24.0. The van der Waals surface area contributed by atoms with Crippen LogP contribution < -0.4 is 0 Å². The standard InChI is InChI=1S/C26H47NO3/c1-5-6-7-8-9-10-11-12-13-14-18-24(28)21-19-22-16-15-17-23(20-21)27(22)25(29)30-26(2,3)4/h21-23H,5-20H2,1-4H3. The van der Waals surface area contributed by atoms with Gasteiger partial charge >= 0.3 is 6.09 Å². The van der Waals surface area contributed by atoms with E-state index in [-0.39, 0.29) is 24.1 Å². The summed E-state index contributed by atoms with van der Waals surface area (Å²) in [6.07, 6.45) is 18.4. The van der Waals surface area contributed by atoms with Crippen molar-refractivity contribution in [1.29, 1.82) is 0 Å². The Hall–Kier alpha value is -1.06. The molecule has 2 heterocycles. The van der Waals surface area contributed by atoms with Crippen molar-refractivity contribution in [2.24, 2.45) is 5.92 Å². The van der Waals surface area contributed by atoms with E-state index in [1.807, 2.05) is 25.7 Å². The number of amides is 1. The highest BCUT2D eigenvalue weighted by atomic mass is 16.6. The van der Waals surface area contributed by atoms with Gasteiger partial charge in [-0.3, -0.25) is 4.79 Å². The van der Waals surface area contributed by atoms with Gasteiger partial charge in [-0.2, -0.15) is 0 Å². The number of hydrogen-bond donors (Lipinski definition) is 0. The number of Topliss-reactive ketones (excluding diaryl/α,β-unsaturated/α-hetero) is 1. The number of ether oxygens (including phenoxy) is 1. The molecule has 2 rings (SSSR count). The van der Waals surface area contributed by atoms with Crippen LogP contribution in [0.2, 0.25) is 0 Å². The van der Waals surface area contributed by atoms with Crippen LogP contribution in [0.1, 0.15) is 130 Å². The van der Waals surface area contributed by atoms with Crippen LogP contribution in [0.4, 0.5) is 4.79 Å². The summed E-state index contributed by atoms with van der Waals surface area (Å²) in [5, 5.41) is 0. The van der Waals surface area contributed by atoms with Crippen LogP contribution in [0.15, 0.2) is 0 Å². The first-order chi connectivity index (χ1) is 14.3. The number of carbonyl (C=O) groups is 2. The first-order valence-corrected chi connectivity index (χ1v) is 12.9. The second kappa shape index (κ2) is 12.7. The fourth-order valence-electron chi connectivity index (χ4n) is 5.25. The molecular formula is C26H47NO3. The van der Waals surface area contributed by atoms with Gasteiger partial charge in [0.05, 0.1) is 0 Å². The van der Waals surface area contributed by atoms with E-state index in [1.165, 1.54) is 57.8 Å². The van der Waals surface area contributed by atoms with Crippen LogP contribution >= 0.6 is 0 Å². The lowest BCUT2D eigenvalue weighted by Gasteiger charge is -2.48. The molecule has 4 heteroatoms. The molecular weight excluding hydrogens is 374 g/mol. The van der Waals surface area contributed by atoms with Crippen molar-refractivity contribution in [2.45, 2.75) is 148 Å². The number of nitrogens with zero attached hydrogens (tertiary/aromatic N) is 1. The molecule has 0 N–H and O–H groups in total. The number of piperidine rings is 2. The fraction of sp³-hybridized carbons (Fsp3) is 0.923. The average Bonchev–Trinajstić information content (AvgIpc) is 2.66. The van der Waals surface area contributed by atoms with E-state index < -0.39 is 5.60 Å². The number of rotatable bonds is 12. The Morgan fingerprint density at radius 2 is 1.33 bits per heavy atom. The number of fused-ring (bicyclic) bond motifs is 2. The minimum absolute atomic E-state index is 0.151. The molecule has 30 heavy (non-hydrogen) atoms. The number of hydrogen-bond acceptors (Lipinski definition) is 3. The molecule has 174 valence electrons. The molecule has 2 aliphatic heterocycles. The van der Waals surface area contributed by atoms with Crippen molar-refractivity contribution in [3.8, 4) is 0 Å². The summed E-state index contributed by atoms with van der Waals surface area (Å²) in [6, 6.07) is 0.378. The highest BCUT2D eigenvalue weighted by Crippen LogP contribution is 2.38. The van der Waals surface area contributed by atoms with E-state index in [0.717, 1.165) is 44.9 Å². The van der Waals surface area contributed by atoms with E-state index in [2.05, 4.69) is 6.92 Å². The molecule has 0 saturated carbocycles. The van der Waals surface area contributed by atoms with E-state index in [4.69, 9.17) is 4.74 Å². The monoisotopic (exact) mass is 421 g/mol. The van der Waals surface area contributed by atoms with Gasteiger partial charge in [0.15, 0.2) is 0 Å². The summed E-state index contributed by atoms with van der Waals surface area (Å²) in [4.78, 5) is 27.5. The second-order valence-corrected chi connectivity index (χ2v) is 10.7. The van der Waals surface area contributed by atoms with Gasteiger partial charge in [0.25, 0.3) is 0 Å². The lowest BCUT2D eigenvalue weighted by Crippen LogP contribution is -2.56. The van der Waals surface area contributed by atoms with Gasteiger partial charge in [0.2, 0.25) is 0 Å². The van der Waals surface area contributed by atoms with Gasteiger partial charge in [-0.25, -0.2) is 4.79 Å². The highest BCUT2D eigenvalue weighted by Gasteiger charge is 2.44. The minimum atomic E-state index is -0.465. The molecule has 0 aromatic rings. The molecule has 2 unspecified atom stereocenters.